The van der Waals surface area contributed by atoms with E-state index in [1.165, 1.54) is 12.1 Å². The standard InChI is InChI=1S/C17H13FN2O6S/c18-11-5-7-12(8-6-11)27(24,25)19-10-9-15(21)26-20-16(22)13-3-1-2-4-14(13)17(20)23/h1-8,19H,9-10H2. The van der Waals surface area contributed by atoms with Crippen LogP contribution in [0.2, 0.25) is 0 Å². The molecular weight excluding hydrogens is 379 g/mol. The zero-order chi connectivity index (χ0) is 19.6. The molecule has 1 N–H and O–H groups in total. The van der Waals surface area contributed by atoms with E-state index in [-0.39, 0.29) is 22.6 Å². The number of nitrogens with one attached hydrogen (secondary N) is 1. The monoisotopic (exact) mass is 392 g/mol. The third-order valence-electron chi connectivity index (χ3n) is 3.70. The normalized spacial score (nSPS) is 13.6. The molecule has 0 saturated carbocycles. The second-order valence-electron chi connectivity index (χ2n) is 5.52. The summed E-state index contributed by atoms with van der Waals surface area (Å²) in [5.74, 6) is -3.09. The minimum atomic E-state index is -3.94. The lowest BCUT2D eigenvalue weighted by molar-refractivity contribution is -0.168. The number of hydrogen-bond donors (Lipinski definition) is 1. The Balaban J connectivity index is 1.56. The van der Waals surface area contributed by atoms with E-state index in [1.54, 1.807) is 12.1 Å². The molecule has 0 saturated heterocycles. The summed E-state index contributed by atoms with van der Waals surface area (Å²) in [7, 11) is -3.94. The van der Waals surface area contributed by atoms with E-state index >= 15 is 0 Å². The number of carbonyl (C=O) groups is 3. The van der Waals surface area contributed by atoms with Gasteiger partial charge in [-0.15, -0.1) is 0 Å². The van der Waals surface area contributed by atoms with Crippen LogP contribution in [0.1, 0.15) is 27.1 Å². The minimum Gasteiger partial charge on any atom is -0.330 e. The van der Waals surface area contributed by atoms with Crippen molar-refractivity contribution in [1.29, 1.82) is 0 Å². The summed E-state index contributed by atoms with van der Waals surface area (Å²) in [5, 5.41) is 0.349. The molecule has 27 heavy (non-hydrogen) atoms. The minimum absolute atomic E-state index is 0.118. The first-order chi connectivity index (χ1) is 12.8. The van der Waals surface area contributed by atoms with Gasteiger partial charge in [0, 0.05) is 6.54 Å². The molecule has 2 aromatic carbocycles. The van der Waals surface area contributed by atoms with E-state index in [0.717, 1.165) is 24.3 Å². The van der Waals surface area contributed by atoms with Crippen molar-refractivity contribution in [3.8, 4) is 0 Å². The average Bonchev–Trinajstić information content (AvgIpc) is 2.87. The van der Waals surface area contributed by atoms with E-state index in [0.29, 0.717) is 5.06 Å². The lowest BCUT2D eigenvalue weighted by atomic mass is 10.1. The van der Waals surface area contributed by atoms with Crippen molar-refractivity contribution in [3.63, 3.8) is 0 Å². The van der Waals surface area contributed by atoms with Gasteiger partial charge in [-0.25, -0.2) is 22.3 Å². The fourth-order valence-corrected chi connectivity index (χ4v) is 3.41. The Morgan fingerprint density at radius 3 is 2.11 bits per heavy atom. The molecule has 2 amide bonds. The highest BCUT2D eigenvalue weighted by Crippen LogP contribution is 2.22. The topological polar surface area (TPSA) is 110 Å². The second kappa shape index (κ2) is 7.25. The van der Waals surface area contributed by atoms with E-state index < -0.39 is 40.0 Å². The SMILES string of the molecule is O=C(CCNS(=O)(=O)c1ccc(F)cc1)ON1C(=O)c2ccccc2C1=O. The van der Waals surface area contributed by atoms with Crippen LogP contribution >= 0.6 is 0 Å². The van der Waals surface area contributed by atoms with Crippen LogP contribution in [-0.4, -0.2) is 37.8 Å². The maximum atomic E-state index is 12.9. The molecule has 140 valence electrons. The quantitative estimate of drug-likeness (QED) is 0.741. The summed E-state index contributed by atoms with van der Waals surface area (Å²) in [6.07, 6.45) is -0.423. The molecule has 0 radical (unpaired) electrons. The first-order valence-corrected chi connectivity index (χ1v) is 9.22. The van der Waals surface area contributed by atoms with Crippen molar-refractivity contribution < 1.29 is 32.0 Å². The summed E-state index contributed by atoms with van der Waals surface area (Å²) < 4.78 is 39.0. The maximum absolute atomic E-state index is 12.9. The van der Waals surface area contributed by atoms with Crippen LogP contribution in [-0.2, 0) is 19.7 Å². The predicted octanol–water partition coefficient (Wildman–Crippen LogP) is 1.25. The van der Waals surface area contributed by atoms with Crippen molar-refractivity contribution in [2.24, 2.45) is 0 Å². The maximum Gasteiger partial charge on any atom is 0.334 e. The van der Waals surface area contributed by atoms with Crippen molar-refractivity contribution in [1.82, 2.24) is 9.79 Å². The molecule has 1 heterocycles. The Labute approximate surface area is 153 Å². The van der Waals surface area contributed by atoms with Crippen molar-refractivity contribution in [2.75, 3.05) is 6.54 Å². The zero-order valence-electron chi connectivity index (χ0n) is 13.7. The van der Waals surface area contributed by atoms with E-state index in [2.05, 4.69) is 4.72 Å². The van der Waals surface area contributed by atoms with Gasteiger partial charge >= 0.3 is 5.97 Å². The highest BCUT2D eigenvalue weighted by atomic mass is 32.2. The Hall–Kier alpha value is -3.11. The van der Waals surface area contributed by atoms with Gasteiger partial charge in [-0.1, -0.05) is 17.2 Å². The molecule has 10 heteroatoms. The molecule has 2 aromatic rings. The van der Waals surface area contributed by atoms with Gasteiger partial charge in [0.15, 0.2) is 0 Å². The van der Waals surface area contributed by atoms with Crippen LogP contribution in [0.4, 0.5) is 4.39 Å². The fraction of sp³-hybridized carbons (Fsp3) is 0.118. The highest BCUT2D eigenvalue weighted by Gasteiger charge is 2.38. The largest absolute Gasteiger partial charge is 0.334 e. The Bertz CT molecular complexity index is 985. The highest BCUT2D eigenvalue weighted by molar-refractivity contribution is 7.89. The van der Waals surface area contributed by atoms with Gasteiger partial charge in [0.25, 0.3) is 11.8 Å². The van der Waals surface area contributed by atoms with E-state index in [4.69, 9.17) is 4.84 Å². The number of nitrogens with zero attached hydrogens (tertiary/aromatic N) is 1. The molecule has 0 aliphatic carbocycles. The van der Waals surface area contributed by atoms with Crippen molar-refractivity contribution in [3.05, 3.63) is 65.5 Å². The molecule has 0 atom stereocenters. The molecule has 0 unspecified atom stereocenters. The van der Waals surface area contributed by atoms with Crippen LogP contribution in [0.25, 0.3) is 0 Å². The number of carbonyl (C=O) groups excluding carboxylic acids is 3. The van der Waals surface area contributed by atoms with Crippen LogP contribution in [0.15, 0.2) is 53.4 Å². The van der Waals surface area contributed by atoms with Crippen molar-refractivity contribution >= 4 is 27.8 Å². The third kappa shape index (κ3) is 3.86. The van der Waals surface area contributed by atoms with Gasteiger partial charge in [-0.3, -0.25) is 9.59 Å². The predicted molar refractivity (Wildman–Crippen MR) is 89.2 cm³/mol. The van der Waals surface area contributed by atoms with Gasteiger partial charge in [-0.05, 0) is 36.4 Å². The molecular formula is C17H13FN2O6S. The zero-order valence-corrected chi connectivity index (χ0v) is 14.5. The van der Waals surface area contributed by atoms with Crippen LogP contribution in [0.3, 0.4) is 0 Å². The molecule has 1 aliphatic heterocycles. The first kappa shape index (κ1) is 18.7. The molecule has 0 bridgehead atoms. The summed E-state index contributed by atoms with van der Waals surface area (Å²) in [6.45, 7) is -0.332. The summed E-state index contributed by atoms with van der Waals surface area (Å²) in [6, 6.07) is 10.1. The molecule has 1 aliphatic rings. The van der Waals surface area contributed by atoms with Gasteiger partial charge in [0.1, 0.15) is 5.82 Å². The van der Waals surface area contributed by atoms with Gasteiger partial charge in [0.05, 0.1) is 22.4 Å². The number of halogens is 1. The Morgan fingerprint density at radius 2 is 1.56 bits per heavy atom. The van der Waals surface area contributed by atoms with Crippen LogP contribution in [0, 0.1) is 5.82 Å². The van der Waals surface area contributed by atoms with E-state index in [9.17, 15) is 27.2 Å². The second-order valence-corrected chi connectivity index (χ2v) is 7.28. The molecule has 0 fully saturated rings. The van der Waals surface area contributed by atoms with Crippen LogP contribution in [0.5, 0.6) is 0 Å². The molecule has 0 aromatic heterocycles. The van der Waals surface area contributed by atoms with Gasteiger partial charge < -0.3 is 4.84 Å². The summed E-state index contributed by atoms with van der Waals surface area (Å²) in [4.78, 5) is 40.6. The number of hydroxylamine groups is 2. The molecule has 8 nitrogen and oxygen atoms in total. The molecule has 0 spiro atoms. The fourth-order valence-electron chi connectivity index (χ4n) is 2.38. The lowest BCUT2D eigenvalue weighted by Crippen LogP contribution is -2.34. The number of fused-ring (bicyclic) bond motifs is 1. The Morgan fingerprint density at radius 1 is 1.00 bits per heavy atom. The third-order valence-corrected chi connectivity index (χ3v) is 5.17. The first-order valence-electron chi connectivity index (χ1n) is 7.73. The average molecular weight is 392 g/mol. The smallest absolute Gasteiger partial charge is 0.330 e. The van der Waals surface area contributed by atoms with Crippen molar-refractivity contribution in [2.45, 2.75) is 11.3 Å². The number of hydrogen-bond acceptors (Lipinski definition) is 6. The number of amides is 2. The van der Waals surface area contributed by atoms with E-state index in [1.807, 2.05) is 0 Å². The van der Waals surface area contributed by atoms with Gasteiger partial charge in [-0.2, -0.15) is 0 Å². The summed E-state index contributed by atoms with van der Waals surface area (Å²) in [5.41, 5.74) is 0.236. The number of rotatable bonds is 6. The molecule has 3 rings (SSSR count). The summed E-state index contributed by atoms with van der Waals surface area (Å²) >= 11 is 0. The number of imide groups is 1. The number of benzene rings is 2. The Kier molecular flexibility index (Phi) is 5.02. The van der Waals surface area contributed by atoms with Crippen LogP contribution < -0.4 is 4.72 Å². The number of sulfonamides is 1. The van der Waals surface area contributed by atoms with Gasteiger partial charge in [0.2, 0.25) is 10.0 Å². The lowest BCUT2D eigenvalue weighted by Gasteiger charge is -2.13.